The zero-order valence-corrected chi connectivity index (χ0v) is 10.8. The van der Waals surface area contributed by atoms with E-state index in [-0.39, 0.29) is 0 Å². The lowest BCUT2D eigenvalue weighted by Gasteiger charge is -2.33. The molecule has 2 heterocycles. The number of carbonyl (C=O) groups excluding carboxylic acids is 1. The molecular weight excluding hydrogens is 216 g/mol. The lowest BCUT2D eigenvalue weighted by molar-refractivity contribution is -0.134. The minimum absolute atomic E-state index is 0.311. The average Bonchev–Trinajstić information content (AvgIpc) is 2.40. The molecule has 98 valence electrons. The van der Waals surface area contributed by atoms with E-state index in [0.29, 0.717) is 24.3 Å². The van der Waals surface area contributed by atoms with Gasteiger partial charge < -0.3 is 15.0 Å². The zero-order valence-electron chi connectivity index (χ0n) is 10.8. The monoisotopic (exact) mass is 240 g/mol. The summed E-state index contributed by atoms with van der Waals surface area (Å²) in [7, 11) is 1.96. The summed E-state index contributed by atoms with van der Waals surface area (Å²) in [6, 6.07) is 0.399. The fourth-order valence-electron chi connectivity index (χ4n) is 2.71. The van der Waals surface area contributed by atoms with Crippen molar-refractivity contribution in [3.05, 3.63) is 0 Å². The number of ether oxygens (including phenoxy) is 1. The quantitative estimate of drug-likeness (QED) is 0.800. The normalized spacial score (nSPS) is 26.8. The second-order valence-electron chi connectivity index (χ2n) is 5.26. The molecule has 2 aliphatic rings. The predicted octanol–water partition coefficient (Wildman–Crippen LogP) is 1.01. The van der Waals surface area contributed by atoms with Gasteiger partial charge in [0.1, 0.15) is 0 Å². The molecule has 0 bridgehead atoms. The molecule has 0 aliphatic carbocycles. The van der Waals surface area contributed by atoms with Crippen LogP contribution in [0.5, 0.6) is 0 Å². The van der Waals surface area contributed by atoms with E-state index < -0.39 is 0 Å². The topological polar surface area (TPSA) is 41.6 Å². The Bertz CT molecular complexity index is 246. The first-order valence-corrected chi connectivity index (χ1v) is 6.81. The van der Waals surface area contributed by atoms with Crippen LogP contribution in [0, 0.1) is 5.92 Å². The third kappa shape index (κ3) is 3.68. The molecule has 1 amide bonds. The van der Waals surface area contributed by atoms with E-state index in [1.807, 2.05) is 11.9 Å². The minimum Gasteiger partial charge on any atom is -0.381 e. The molecule has 1 atom stereocenters. The number of nitrogens with zero attached hydrogens (tertiary/aromatic N) is 1. The Morgan fingerprint density at radius 1 is 1.35 bits per heavy atom. The lowest BCUT2D eigenvalue weighted by atomic mass is 9.95. The van der Waals surface area contributed by atoms with Gasteiger partial charge in [0.05, 0.1) is 0 Å². The number of hydrogen-bond donors (Lipinski definition) is 1. The van der Waals surface area contributed by atoms with Gasteiger partial charge in [0.15, 0.2) is 0 Å². The molecule has 2 fully saturated rings. The van der Waals surface area contributed by atoms with Gasteiger partial charge >= 0.3 is 0 Å². The van der Waals surface area contributed by atoms with E-state index in [2.05, 4.69) is 5.32 Å². The Morgan fingerprint density at radius 2 is 2.12 bits per heavy atom. The molecule has 0 radical (unpaired) electrons. The summed E-state index contributed by atoms with van der Waals surface area (Å²) in [5.74, 6) is 0.848. The van der Waals surface area contributed by atoms with Gasteiger partial charge in [0, 0.05) is 39.3 Å². The van der Waals surface area contributed by atoms with Crippen LogP contribution in [-0.4, -0.2) is 50.2 Å². The molecule has 2 saturated heterocycles. The molecule has 4 nitrogen and oxygen atoms in total. The summed E-state index contributed by atoms with van der Waals surface area (Å²) >= 11 is 0. The maximum atomic E-state index is 12.2. The summed E-state index contributed by atoms with van der Waals surface area (Å²) in [6.07, 6.45) is 5.12. The number of piperidine rings is 1. The third-order valence-corrected chi connectivity index (χ3v) is 4.02. The van der Waals surface area contributed by atoms with E-state index in [9.17, 15) is 4.79 Å². The molecule has 17 heavy (non-hydrogen) atoms. The number of nitrogens with one attached hydrogen (secondary N) is 1. The van der Waals surface area contributed by atoms with Crippen LogP contribution in [0.25, 0.3) is 0 Å². The van der Waals surface area contributed by atoms with Gasteiger partial charge in [-0.05, 0) is 38.1 Å². The largest absolute Gasteiger partial charge is 0.381 e. The van der Waals surface area contributed by atoms with Gasteiger partial charge in [-0.25, -0.2) is 0 Å². The Morgan fingerprint density at radius 3 is 2.76 bits per heavy atom. The Kier molecular flexibility index (Phi) is 4.80. The summed E-state index contributed by atoms with van der Waals surface area (Å²) in [6.45, 7) is 3.70. The predicted molar refractivity (Wildman–Crippen MR) is 66.8 cm³/mol. The van der Waals surface area contributed by atoms with Crippen LogP contribution >= 0.6 is 0 Å². The number of likely N-dealkylation sites (N-methyl/N-ethyl adjacent to an activating group) is 1. The second kappa shape index (κ2) is 6.36. The minimum atomic E-state index is 0.311. The Labute approximate surface area is 104 Å². The number of rotatable bonds is 3. The molecule has 2 rings (SSSR count). The molecular formula is C13H24N2O2. The van der Waals surface area contributed by atoms with Gasteiger partial charge in [0.2, 0.25) is 5.91 Å². The van der Waals surface area contributed by atoms with E-state index in [1.165, 1.54) is 6.42 Å². The summed E-state index contributed by atoms with van der Waals surface area (Å²) in [5, 5.41) is 3.36. The van der Waals surface area contributed by atoms with Crippen molar-refractivity contribution in [3.8, 4) is 0 Å². The van der Waals surface area contributed by atoms with Crippen LogP contribution < -0.4 is 5.32 Å². The van der Waals surface area contributed by atoms with Crippen molar-refractivity contribution in [2.24, 2.45) is 5.92 Å². The first-order chi connectivity index (χ1) is 8.27. The first-order valence-electron chi connectivity index (χ1n) is 6.81. The van der Waals surface area contributed by atoms with Crippen molar-refractivity contribution < 1.29 is 9.53 Å². The van der Waals surface area contributed by atoms with Gasteiger partial charge in [-0.3, -0.25) is 4.79 Å². The van der Waals surface area contributed by atoms with E-state index in [4.69, 9.17) is 4.74 Å². The molecule has 0 saturated carbocycles. The van der Waals surface area contributed by atoms with Gasteiger partial charge in [-0.1, -0.05) is 0 Å². The Hall–Kier alpha value is -0.610. The lowest BCUT2D eigenvalue weighted by Crippen LogP contribution is -2.47. The number of carbonyl (C=O) groups is 1. The van der Waals surface area contributed by atoms with E-state index in [0.717, 1.165) is 45.6 Å². The van der Waals surface area contributed by atoms with Crippen molar-refractivity contribution in [1.82, 2.24) is 10.2 Å². The molecule has 0 aromatic rings. The highest BCUT2D eigenvalue weighted by molar-refractivity contribution is 5.76. The van der Waals surface area contributed by atoms with Gasteiger partial charge in [-0.15, -0.1) is 0 Å². The Balaban J connectivity index is 1.77. The SMILES string of the molecule is CN(C(=O)CC1CCOCC1)C1CCCNC1. The van der Waals surface area contributed by atoms with E-state index in [1.54, 1.807) is 0 Å². The van der Waals surface area contributed by atoms with Crippen molar-refractivity contribution in [2.45, 2.75) is 38.1 Å². The summed E-state index contributed by atoms with van der Waals surface area (Å²) in [4.78, 5) is 14.1. The van der Waals surface area contributed by atoms with Crippen molar-refractivity contribution in [1.29, 1.82) is 0 Å². The number of amides is 1. The van der Waals surface area contributed by atoms with Crippen molar-refractivity contribution in [2.75, 3.05) is 33.4 Å². The fourth-order valence-corrected chi connectivity index (χ4v) is 2.71. The number of hydrogen-bond acceptors (Lipinski definition) is 3. The van der Waals surface area contributed by atoms with Crippen molar-refractivity contribution >= 4 is 5.91 Å². The molecule has 0 aromatic carbocycles. The molecule has 1 N–H and O–H groups in total. The first kappa shape index (κ1) is 12.8. The van der Waals surface area contributed by atoms with Crippen LogP contribution in [-0.2, 0) is 9.53 Å². The van der Waals surface area contributed by atoms with Crippen LogP contribution in [0.2, 0.25) is 0 Å². The average molecular weight is 240 g/mol. The second-order valence-corrected chi connectivity index (χ2v) is 5.26. The molecule has 0 spiro atoms. The maximum Gasteiger partial charge on any atom is 0.222 e. The highest BCUT2D eigenvalue weighted by Crippen LogP contribution is 2.20. The molecule has 0 aromatic heterocycles. The highest BCUT2D eigenvalue weighted by Gasteiger charge is 2.24. The zero-order chi connectivity index (χ0) is 12.1. The summed E-state index contributed by atoms with van der Waals surface area (Å²) < 4.78 is 5.32. The van der Waals surface area contributed by atoms with Gasteiger partial charge in [0.25, 0.3) is 0 Å². The van der Waals surface area contributed by atoms with Gasteiger partial charge in [-0.2, -0.15) is 0 Å². The van der Waals surface area contributed by atoms with Crippen LogP contribution in [0.15, 0.2) is 0 Å². The third-order valence-electron chi connectivity index (χ3n) is 4.02. The van der Waals surface area contributed by atoms with E-state index >= 15 is 0 Å². The molecule has 4 heteroatoms. The maximum absolute atomic E-state index is 12.2. The summed E-state index contributed by atoms with van der Waals surface area (Å²) in [5.41, 5.74) is 0. The molecule has 1 unspecified atom stereocenters. The smallest absolute Gasteiger partial charge is 0.222 e. The highest BCUT2D eigenvalue weighted by atomic mass is 16.5. The fraction of sp³-hybridized carbons (Fsp3) is 0.923. The van der Waals surface area contributed by atoms with Crippen molar-refractivity contribution in [3.63, 3.8) is 0 Å². The standard InChI is InChI=1S/C13H24N2O2/c1-15(12-3-2-6-14-10-12)13(16)9-11-4-7-17-8-5-11/h11-12,14H,2-10H2,1H3. The molecule has 2 aliphatic heterocycles. The van der Waals surface area contributed by atoms with Crippen LogP contribution in [0.3, 0.4) is 0 Å². The van der Waals surface area contributed by atoms with Crippen LogP contribution in [0.4, 0.5) is 0 Å². The van der Waals surface area contributed by atoms with Crippen LogP contribution in [0.1, 0.15) is 32.1 Å².